The largest absolute Gasteiger partial charge is 0.459 e. The van der Waals surface area contributed by atoms with E-state index in [1.807, 2.05) is 11.8 Å². The van der Waals surface area contributed by atoms with E-state index in [-0.39, 0.29) is 17.6 Å². The van der Waals surface area contributed by atoms with Crippen molar-refractivity contribution in [2.45, 2.75) is 13.3 Å². The van der Waals surface area contributed by atoms with Crippen molar-refractivity contribution in [3.8, 4) is 0 Å². The van der Waals surface area contributed by atoms with Crippen LogP contribution < -0.4 is 5.32 Å². The van der Waals surface area contributed by atoms with Crippen molar-refractivity contribution >= 4 is 17.5 Å². The van der Waals surface area contributed by atoms with E-state index >= 15 is 0 Å². The van der Waals surface area contributed by atoms with Gasteiger partial charge in [0.05, 0.1) is 12.9 Å². The van der Waals surface area contributed by atoms with Crippen LogP contribution in [0.3, 0.4) is 0 Å². The predicted molar refractivity (Wildman–Crippen MR) is 93.6 cm³/mol. The molecular weight excluding hydrogens is 320 g/mol. The Balaban J connectivity index is 1.68. The van der Waals surface area contributed by atoms with Crippen molar-refractivity contribution in [3.05, 3.63) is 54.0 Å². The van der Waals surface area contributed by atoms with E-state index < -0.39 is 0 Å². The van der Waals surface area contributed by atoms with Gasteiger partial charge in [-0.15, -0.1) is 0 Å². The fourth-order valence-electron chi connectivity index (χ4n) is 2.91. The SMILES string of the molecule is CCN(CC1CCOC1)C(=O)c1cccc(NC(=O)c2ccco2)c1. The molecule has 1 aliphatic rings. The molecule has 2 amide bonds. The Morgan fingerprint density at radius 1 is 1.28 bits per heavy atom. The molecule has 25 heavy (non-hydrogen) atoms. The Labute approximate surface area is 146 Å². The Bertz CT molecular complexity index is 721. The van der Waals surface area contributed by atoms with Crippen LogP contribution in [0.25, 0.3) is 0 Å². The molecule has 2 aromatic rings. The predicted octanol–water partition coefficient (Wildman–Crippen LogP) is 3.03. The van der Waals surface area contributed by atoms with Gasteiger partial charge < -0.3 is 19.4 Å². The topological polar surface area (TPSA) is 71.8 Å². The minimum absolute atomic E-state index is 0.0384. The average Bonchev–Trinajstić information content (AvgIpc) is 3.33. The molecule has 1 atom stereocenters. The van der Waals surface area contributed by atoms with Crippen molar-refractivity contribution in [3.63, 3.8) is 0 Å². The maximum absolute atomic E-state index is 12.8. The third-order valence-electron chi connectivity index (χ3n) is 4.28. The second-order valence-corrected chi connectivity index (χ2v) is 6.09. The lowest BCUT2D eigenvalue weighted by Crippen LogP contribution is -2.35. The van der Waals surface area contributed by atoms with Crippen LogP contribution >= 0.6 is 0 Å². The Kier molecular flexibility index (Phi) is 5.50. The first kappa shape index (κ1) is 17.2. The number of anilines is 1. The molecule has 0 bridgehead atoms. The molecule has 3 rings (SSSR count). The van der Waals surface area contributed by atoms with Crippen molar-refractivity contribution < 1.29 is 18.7 Å². The smallest absolute Gasteiger partial charge is 0.291 e. The summed E-state index contributed by atoms with van der Waals surface area (Å²) in [4.78, 5) is 26.7. The number of hydrogen-bond donors (Lipinski definition) is 1. The van der Waals surface area contributed by atoms with Crippen LogP contribution in [-0.4, -0.2) is 43.0 Å². The number of furan rings is 1. The zero-order chi connectivity index (χ0) is 17.6. The summed E-state index contributed by atoms with van der Waals surface area (Å²) in [5, 5.41) is 2.75. The molecular formula is C19H22N2O4. The average molecular weight is 342 g/mol. The molecule has 6 nitrogen and oxygen atoms in total. The molecule has 0 radical (unpaired) electrons. The summed E-state index contributed by atoms with van der Waals surface area (Å²) in [5.41, 5.74) is 1.12. The highest BCUT2D eigenvalue weighted by atomic mass is 16.5. The molecule has 0 saturated carbocycles. The van der Waals surface area contributed by atoms with Crippen molar-refractivity contribution in [1.82, 2.24) is 4.90 Å². The zero-order valence-electron chi connectivity index (χ0n) is 14.2. The maximum Gasteiger partial charge on any atom is 0.291 e. The van der Waals surface area contributed by atoms with Crippen LogP contribution in [0.4, 0.5) is 5.69 Å². The quantitative estimate of drug-likeness (QED) is 0.876. The zero-order valence-corrected chi connectivity index (χ0v) is 14.2. The number of nitrogens with zero attached hydrogens (tertiary/aromatic N) is 1. The van der Waals surface area contributed by atoms with Crippen molar-refractivity contribution in [2.24, 2.45) is 5.92 Å². The standard InChI is InChI=1S/C19H22N2O4/c1-2-21(12-14-8-10-24-13-14)19(23)15-5-3-6-16(11-15)20-18(22)17-7-4-9-25-17/h3-7,9,11,14H,2,8,10,12-13H2,1H3,(H,20,22). The van der Waals surface area contributed by atoms with E-state index in [1.165, 1.54) is 6.26 Å². The number of amides is 2. The first-order chi connectivity index (χ1) is 12.2. The van der Waals surface area contributed by atoms with Crippen LogP contribution in [0.1, 0.15) is 34.3 Å². The van der Waals surface area contributed by atoms with Gasteiger partial charge in [-0.2, -0.15) is 0 Å². The van der Waals surface area contributed by atoms with Crippen molar-refractivity contribution in [2.75, 3.05) is 31.6 Å². The third kappa shape index (κ3) is 4.28. The molecule has 1 saturated heterocycles. The molecule has 0 spiro atoms. The Morgan fingerprint density at radius 2 is 2.16 bits per heavy atom. The van der Waals surface area contributed by atoms with Crippen LogP contribution in [0.2, 0.25) is 0 Å². The van der Waals surface area contributed by atoms with E-state index in [0.29, 0.717) is 36.9 Å². The monoisotopic (exact) mass is 342 g/mol. The molecule has 0 aliphatic carbocycles. The second kappa shape index (κ2) is 7.98. The van der Waals surface area contributed by atoms with Gasteiger partial charge in [-0.3, -0.25) is 9.59 Å². The number of nitrogens with one attached hydrogen (secondary N) is 1. The lowest BCUT2D eigenvalue weighted by molar-refractivity contribution is 0.0730. The van der Waals surface area contributed by atoms with Crippen LogP contribution in [0, 0.1) is 5.92 Å². The molecule has 1 fully saturated rings. The second-order valence-electron chi connectivity index (χ2n) is 6.09. The summed E-state index contributed by atoms with van der Waals surface area (Å²) in [6.45, 7) is 4.78. The molecule has 2 heterocycles. The van der Waals surface area contributed by atoms with Crippen molar-refractivity contribution in [1.29, 1.82) is 0 Å². The number of rotatable bonds is 6. The molecule has 1 aromatic carbocycles. The van der Waals surface area contributed by atoms with Gasteiger partial charge in [0.15, 0.2) is 5.76 Å². The molecule has 132 valence electrons. The molecule has 1 unspecified atom stereocenters. The minimum Gasteiger partial charge on any atom is -0.459 e. The number of hydrogen-bond acceptors (Lipinski definition) is 4. The highest BCUT2D eigenvalue weighted by molar-refractivity contribution is 6.03. The van der Waals surface area contributed by atoms with Gasteiger partial charge >= 0.3 is 0 Å². The summed E-state index contributed by atoms with van der Waals surface area (Å²) < 4.78 is 10.5. The van der Waals surface area contributed by atoms with Gasteiger partial charge in [0.1, 0.15) is 0 Å². The van der Waals surface area contributed by atoms with E-state index in [0.717, 1.165) is 13.0 Å². The first-order valence-corrected chi connectivity index (χ1v) is 8.49. The number of carbonyl (C=O) groups excluding carboxylic acids is 2. The highest BCUT2D eigenvalue weighted by Gasteiger charge is 2.22. The summed E-state index contributed by atoms with van der Waals surface area (Å²) in [6.07, 6.45) is 2.43. The lowest BCUT2D eigenvalue weighted by atomic mass is 10.1. The number of ether oxygens (including phenoxy) is 1. The van der Waals surface area contributed by atoms with Crippen LogP contribution in [0.15, 0.2) is 47.1 Å². The summed E-state index contributed by atoms with van der Waals surface area (Å²) in [7, 11) is 0. The van der Waals surface area contributed by atoms with E-state index in [2.05, 4.69) is 5.32 Å². The Hall–Kier alpha value is -2.60. The normalized spacial score (nSPS) is 16.6. The Morgan fingerprint density at radius 3 is 2.84 bits per heavy atom. The summed E-state index contributed by atoms with van der Waals surface area (Å²) in [5.74, 6) is 0.243. The van der Waals surface area contributed by atoms with Gasteiger partial charge in [-0.25, -0.2) is 0 Å². The lowest BCUT2D eigenvalue weighted by Gasteiger charge is -2.24. The van der Waals surface area contributed by atoms with Gasteiger partial charge in [-0.05, 0) is 43.7 Å². The summed E-state index contributed by atoms with van der Waals surface area (Å²) in [6, 6.07) is 10.2. The maximum atomic E-state index is 12.8. The highest BCUT2D eigenvalue weighted by Crippen LogP contribution is 2.18. The van der Waals surface area contributed by atoms with Crippen LogP contribution in [-0.2, 0) is 4.74 Å². The number of carbonyl (C=O) groups is 2. The molecule has 1 aliphatic heterocycles. The molecule has 1 N–H and O–H groups in total. The van der Waals surface area contributed by atoms with Gasteiger partial charge in [0, 0.05) is 36.9 Å². The minimum atomic E-state index is -0.343. The number of benzene rings is 1. The molecule has 1 aromatic heterocycles. The first-order valence-electron chi connectivity index (χ1n) is 8.49. The fourth-order valence-corrected chi connectivity index (χ4v) is 2.91. The molecule has 6 heteroatoms. The van der Waals surface area contributed by atoms with Gasteiger partial charge in [0.2, 0.25) is 0 Å². The van der Waals surface area contributed by atoms with E-state index in [4.69, 9.17) is 9.15 Å². The van der Waals surface area contributed by atoms with E-state index in [9.17, 15) is 9.59 Å². The fraction of sp³-hybridized carbons (Fsp3) is 0.368. The van der Waals surface area contributed by atoms with Gasteiger partial charge in [-0.1, -0.05) is 6.07 Å². The summed E-state index contributed by atoms with van der Waals surface area (Å²) >= 11 is 0. The van der Waals surface area contributed by atoms with Crippen LogP contribution in [0.5, 0.6) is 0 Å². The van der Waals surface area contributed by atoms with E-state index in [1.54, 1.807) is 36.4 Å². The van der Waals surface area contributed by atoms with Gasteiger partial charge in [0.25, 0.3) is 11.8 Å². The third-order valence-corrected chi connectivity index (χ3v) is 4.28.